The number of carbonyl (C=O) groups is 1. The second-order valence-corrected chi connectivity index (χ2v) is 6.77. The maximum absolute atomic E-state index is 12.1. The number of carboxylic acid groups (broad SMARTS) is 1. The van der Waals surface area contributed by atoms with Gasteiger partial charge in [-0.1, -0.05) is 20.8 Å². The zero-order chi connectivity index (χ0) is 17.9. The third-order valence-corrected chi connectivity index (χ3v) is 3.92. The highest BCUT2D eigenvalue weighted by molar-refractivity contribution is 5.70. The van der Waals surface area contributed by atoms with Gasteiger partial charge < -0.3 is 14.8 Å². The van der Waals surface area contributed by atoms with Gasteiger partial charge in [0.15, 0.2) is 0 Å². The third kappa shape index (κ3) is 3.85. The van der Waals surface area contributed by atoms with E-state index in [-0.39, 0.29) is 17.4 Å². The molecular weight excluding hydrogens is 306 g/mol. The monoisotopic (exact) mass is 329 g/mol. The molecule has 0 saturated carbocycles. The van der Waals surface area contributed by atoms with Gasteiger partial charge in [0.1, 0.15) is 5.75 Å². The van der Waals surface area contributed by atoms with Crippen molar-refractivity contribution in [1.82, 2.24) is 4.98 Å². The average Bonchev–Trinajstić information content (AvgIpc) is 2.51. The summed E-state index contributed by atoms with van der Waals surface area (Å²) in [5, 5.41) is 9.00. The number of ether oxygens (including phenoxy) is 1. The molecule has 0 radical (unpaired) electrons. The highest BCUT2D eigenvalue weighted by Crippen LogP contribution is 2.38. The summed E-state index contributed by atoms with van der Waals surface area (Å²) in [6.07, 6.45) is 1.94. The van der Waals surface area contributed by atoms with Crippen LogP contribution in [0.25, 0.3) is 11.1 Å². The molecule has 2 N–H and O–H groups in total. The molecule has 0 atom stereocenters. The van der Waals surface area contributed by atoms with Crippen LogP contribution < -0.4 is 10.3 Å². The Kier molecular flexibility index (Phi) is 5.12. The highest BCUT2D eigenvalue weighted by atomic mass is 16.5. The van der Waals surface area contributed by atoms with Crippen LogP contribution >= 0.6 is 0 Å². The van der Waals surface area contributed by atoms with Crippen molar-refractivity contribution in [2.45, 2.75) is 39.0 Å². The van der Waals surface area contributed by atoms with Crippen LogP contribution in [0.2, 0.25) is 0 Å². The smallest absolute Gasteiger partial charge is 0.303 e. The van der Waals surface area contributed by atoms with Crippen molar-refractivity contribution < 1.29 is 14.6 Å². The van der Waals surface area contributed by atoms with Crippen molar-refractivity contribution in [2.24, 2.45) is 0 Å². The zero-order valence-electron chi connectivity index (χ0n) is 14.5. The minimum Gasteiger partial charge on any atom is -0.496 e. The fraction of sp³-hybridized carbons (Fsp3) is 0.368. The summed E-state index contributed by atoms with van der Waals surface area (Å²) in [5.74, 6) is -0.169. The number of aryl methyl sites for hydroxylation is 1. The topological polar surface area (TPSA) is 79.4 Å². The summed E-state index contributed by atoms with van der Waals surface area (Å²) in [4.78, 5) is 25.8. The number of rotatable bonds is 5. The average molecular weight is 329 g/mol. The van der Waals surface area contributed by atoms with Gasteiger partial charge >= 0.3 is 5.97 Å². The molecule has 0 unspecified atom stereocenters. The molecule has 0 saturated heterocycles. The van der Waals surface area contributed by atoms with Gasteiger partial charge in [0.2, 0.25) is 0 Å². The molecule has 0 fully saturated rings. The number of aromatic nitrogens is 1. The van der Waals surface area contributed by atoms with E-state index in [1.54, 1.807) is 25.4 Å². The number of pyridine rings is 1. The van der Waals surface area contributed by atoms with Gasteiger partial charge in [-0.2, -0.15) is 0 Å². The van der Waals surface area contributed by atoms with E-state index in [1.165, 1.54) is 0 Å². The van der Waals surface area contributed by atoms with Crippen LogP contribution in [0, 0.1) is 0 Å². The Morgan fingerprint density at radius 2 is 2.00 bits per heavy atom. The molecule has 0 aliphatic rings. The number of hydrogen-bond acceptors (Lipinski definition) is 3. The van der Waals surface area contributed by atoms with Crippen molar-refractivity contribution >= 4 is 5.97 Å². The molecule has 1 aromatic carbocycles. The predicted molar refractivity (Wildman–Crippen MR) is 93.7 cm³/mol. The summed E-state index contributed by atoms with van der Waals surface area (Å²) < 4.78 is 5.58. The fourth-order valence-corrected chi connectivity index (χ4v) is 2.72. The summed E-state index contributed by atoms with van der Waals surface area (Å²) in [7, 11) is 1.59. The second-order valence-electron chi connectivity index (χ2n) is 6.77. The van der Waals surface area contributed by atoms with E-state index in [2.05, 4.69) is 25.8 Å². The molecular formula is C19H23NO4. The lowest BCUT2D eigenvalue weighted by Crippen LogP contribution is -2.16. The number of nitrogens with one attached hydrogen (secondary N) is 1. The first-order chi connectivity index (χ1) is 11.2. The van der Waals surface area contributed by atoms with E-state index >= 15 is 0 Å². The zero-order valence-corrected chi connectivity index (χ0v) is 14.5. The third-order valence-electron chi connectivity index (χ3n) is 3.92. The largest absolute Gasteiger partial charge is 0.496 e. The van der Waals surface area contributed by atoms with E-state index in [0.717, 1.165) is 16.7 Å². The standard InChI is InChI=1S/C19H23NO4/c1-19(2,3)15-11-13(14-6-5-9-20-18(14)23)10-12(17(15)24-4)7-8-16(21)22/h5-6,9-11H,7-8H2,1-4H3,(H,20,23)(H,21,22). The van der Waals surface area contributed by atoms with Crippen molar-refractivity contribution in [3.8, 4) is 16.9 Å². The molecule has 0 spiro atoms. The first-order valence-electron chi connectivity index (χ1n) is 7.85. The van der Waals surface area contributed by atoms with Crippen LogP contribution in [0.4, 0.5) is 0 Å². The van der Waals surface area contributed by atoms with E-state index < -0.39 is 5.97 Å². The van der Waals surface area contributed by atoms with Crippen LogP contribution in [0.1, 0.15) is 38.3 Å². The second kappa shape index (κ2) is 6.91. The molecule has 1 heterocycles. The molecule has 128 valence electrons. The molecule has 5 nitrogen and oxygen atoms in total. The Labute approximate surface area is 141 Å². The van der Waals surface area contributed by atoms with Crippen molar-refractivity contribution in [3.05, 3.63) is 51.9 Å². The van der Waals surface area contributed by atoms with Crippen molar-refractivity contribution in [1.29, 1.82) is 0 Å². The summed E-state index contributed by atoms with van der Waals surface area (Å²) >= 11 is 0. The van der Waals surface area contributed by atoms with Gasteiger partial charge in [0, 0.05) is 23.7 Å². The highest BCUT2D eigenvalue weighted by Gasteiger charge is 2.23. The van der Waals surface area contributed by atoms with Gasteiger partial charge in [-0.25, -0.2) is 0 Å². The lowest BCUT2D eigenvalue weighted by Gasteiger charge is -2.25. The SMILES string of the molecule is COc1c(CCC(=O)O)cc(-c2ccc[nH]c2=O)cc1C(C)(C)C. The lowest BCUT2D eigenvalue weighted by molar-refractivity contribution is -0.136. The number of H-pyrrole nitrogens is 1. The Hall–Kier alpha value is -2.56. The predicted octanol–water partition coefficient (Wildman–Crippen LogP) is 3.37. The lowest BCUT2D eigenvalue weighted by atomic mass is 9.82. The number of aliphatic carboxylic acids is 1. The normalized spacial score (nSPS) is 11.3. The summed E-state index contributed by atoms with van der Waals surface area (Å²) in [5.41, 5.74) is 2.69. The van der Waals surface area contributed by atoms with Crippen molar-refractivity contribution in [2.75, 3.05) is 7.11 Å². The molecule has 0 amide bonds. The van der Waals surface area contributed by atoms with Gasteiger partial charge in [0.05, 0.1) is 7.11 Å². The van der Waals surface area contributed by atoms with Gasteiger partial charge in [-0.05, 0) is 47.2 Å². The fourth-order valence-electron chi connectivity index (χ4n) is 2.72. The van der Waals surface area contributed by atoms with Gasteiger partial charge in [0.25, 0.3) is 5.56 Å². The van der Waals surface area contributed by atoms with Gasteiger partial charge in [-0.3, -0.25) is 9.59 Å². The summed E-state index contributed by atoms with van der Waals surface area (Å²) in [6, 6.07) is 7.33. The van der Waals surface area contributed by atoms with E-state index in [4.69, 9.17) is 9.84 Å². The van der Waals surface area contributed by atoms with Gasteiger partial charge in [-0.15, -0.1) is 0 Å². The van der Waals surface area contributed by atoms with Crippen LogP contribution in [0.15, 0.2) is 35.3 Å². The molecule has 0 aliphatic carbocycles. The number of carboxylic acids is 1. The molecule has 0 bridgehead atoms. The first-order valence-corrected chi connectivity index (χ1v) is 7.85. The minimum absolute atomic E-state index is 0.00848. The Balaban J connectivity index is 2.69. The molecule has 2 aromatic rings. The number of hydrogen-bond donors (Lipinski definition) is 2. The first kappa shape index (κ1) is 17.8. The molecule has 2 rings (SSSR count). The number of aromatic amines is 1. The van der Waals surface area contributed by atoms with E-state index in [0.29, 0.717) is 17.7 Å². The quantitative estimate of drug-likeness (QED) is 0.881. The number of methoxy groups -OCH3 is 1. The summed E-state index contributed by atoms with van der Waals surface area (Å²) in [6.45, 7) is 6.18. The van der Waals surface area contributed by atoms with Crippen LogP contribution in [0.3, 0.4) is 0 Å². The van der Waals surface area contributed by atoms with Crippen LogP contribution in [-0.4, -0.2) is 23.2 Å². The number of benzene rings is 1. The minimum atomic E-state index is -0.864. The molecule has 5 heteroatoms. The maximum Gasteiger partial charge on any atom is 0.303 e. The van der Waals surface area contributed by atoms with E-state index in [9.17, 15) is 9.59 Å². The molecule has 24 heavy (non-hydrogen) atoms. The molecule has 0 aliphatic heterocycles. The maximum atomic E-state index is 12.1. The van der Waals surface area contributed by atoms with Crippen LogP contribution in [-0.2, 0) is 16.6 Å². The Morgan fingerprint density at radius 3 is 2.54 bits per heavy atom. The molecule has 1 aromatic heterocycles. The van der Waals surface area contributed by atoms with Crippen LogP contribution in [0.5, 0.6) is 5.75 Å². The Morgan fingerprint density at radius 1 is 1.29 bits per heavy atom. The van der Waals surface area contributed by atoms with Crippen molar-refractivity contribution in [3.63, 3.8) is 0 Å². The van der Waals surface area contributed by atoms with E-state index in [1.807, 2.05) is 12.1 Å². The Bertz CT molecular complexity index is 800.